The molecule has 194 valence electrons. The van der Waals surface area contributed by atoms with Gasteiger partial charge in [-0.05, 0) is 54.4 Å². The normalized spacial score (nSPS) is 12.0. The third-order valence-corrected chi connectivity index (χ3v) is 12.1. The van der Waals surface area contributed by atoms with Crippen LogP contribution in [-0.4, -0.2) is 32.0 Å². The van der Waals surface area contributed by atoms with E-state index in [1.807, 2.05) is 6.92 Å². The Hall–Kier alpha value is -2.75. The molecule has 0 fully saturated rings. The topological polar surface area (TPSA) is 69.6 Å². The Bertz CT molecular complexity index is 1260. The van der Waals surface area contributed by atoms with Crippen LogP contribution in [0.25, 0.3) is 5.69 Å². The van der Waals surface area contributed by atoms with Crippen LogP contribution in [0.5, 0.6) is 5.75 Å². The third-order valence-electron chi connectivity index (χ3n) is 6.54. The van der Waals surface area contributed by atoms with E-state index in [0.717, 1.165) is 6.42 Å². The van der Waals surface area contributed by atoms with Crippen LogP contribution in [0.2, 0.25) is 18.1 Å². The first kappa shape index (κ1) is 27.8. The van der Waals surface area contributed by atoms with Crippen molar-refractivity contribution in [3.8, 4) is 11.4 Å². The highest BCUT2D eigenvalue weighted by atomic mass is 32.1. The van der Waals surface area contributed by atoms with E-state index in [1.54, 1.807) is 29.8 Å². The molecule has 0 bridgehead atoms. The maximum Gasteiger partial charge on any atom is 0.261 e. The summed E-state index contributed by atoms with van der Waals surface area (Å²) < 4.78 is 26.8. The zero-order valence-electron chi connectivity index (χ0n) is 21.8. The molecule has 3 rings (SSSR count). The first-order chi connectivity index (χ1) is 16.9. The number of amides is 1. The standard InChI is InChI=1S/C27H35FN2O4SSi/c1-19-23(18-35-25(19)26(32)29-17-20-9-7-10-21(28)15-20)30-12-11-22(16-24(30)31)33-13-8-14-34-36(5,6)27(2,3)4/h7,9-12,15-16,18H,8,13-14,17H2,1-6H3,(H,29,32). The number of nitrogens with one attached hydrogen (secondary N) is 1. The van der Waals surface area contributed by atoms with Crippen LogP contribution in [0.3, 0.4) is 0 Å². The molecule has 1 N–H and O–H groups in total. The number of halogens is 1. The van der Waals surface area contributed by atoms with Crippen LogP contribution in [0.4, 0.5) is 4.39 Å². The minimum atomic E-state index is -1.78. The maximum absolute atomic E-state index is 13.4. The van der Waals surface area contributed by atoms with Gasteiger partial charge in [0, 0.05) is 37.2 Å². The second kappa shape index (κ2) is 11.5. The molecule has 9 heteroatoms. The van der Waals surface area contributed by atoms with Crippen LogP contribution >= 0.6 is 11.3 Å². The van der Waals surface area contributed by atoms with E-state index in [0.29, 0.717) is 40.7 Å². The molecule has 0 saturated carbocycles. The van der Waals surface area contributed by atoms with Crippen molar-refractivity contribution in [3.05, 3.63) is 80.2 Å². The van der Waals surface area contributed by atoms with Gasteiger partial charge in [0.15, 0.2) is 8.32 Å². The Balaban J connectivity index is 1.58. The van der Waals surface area contributed by atoms with E-state index in [4.69, 9.17) is 9.16 Å². The van der Waals surface area contributed by atoms with Gasteiger partial charge in [-0.3, -0.25) is 14.2 Å². The molecule has 2 aromatic heterocycles. The molecule has 0 aliphatic heterocycles. The number of thiophene rings is 1. The van der Waals surface area contributed by atoms with Gasteiger partial charge in [-0.25, -0.2) is 4.39 Å². The van der Waals surface area contributed by atoms with Crippen molar-refractivity contribution in [3.63, 3.8) is 0 Å². The highest BCUT2D eigenvalue weighted by Crippen LogP contribution is 2.36. The molecule has 0 atom stereocenters. The van der Waals surface area contributed by atoms with Gasteiger partial charge in [-0.2, -0.15) is 0 Å². The number of nitrogens with zero attached hydrogens (tertiary/aromatic N) is 1. The number of pyridine rings is 1. The Morgan fingerprint density at radius 3 is 2.58 bits per heavy atom. The Labute approximate surface area is 217 Å². The molecule has 0 saturated heterocycles. The van der Waals surface area contributed by atoms with Crippen molar-refractivity contribution in [2.45, 2.75) is 58.8 Å². The smallest absolute Gasteiger partial charge is 0.261 e. The van der Waals surface area contributed by atoms with Gasteiger partial charge in [0.2, 0.25) is 0 Å². The number of rotatable bonds is 10. The van der Waals surface area contributed by atoms with Crippen molar-refractivity contribution in [1.82, 2.24) is 9.88 Å². The zero-order valence-corrected chi connectivity index (χ0v) is 23.6. The van der Waals surface area contributed by atoms with Gasteiger partial charge < -0.3 is 14.5 Å². The summed E-state index contributed by atoms with van der Waals surface area (Å²) in [6, 6.07) is 9.30. The summed E-state index contributed by atoms with van der Waals surface area (Å²) in [7, 11) is -1.78. The molecule has 0 aliphatic rings. The third kappa shape index (κ3) is 6.93. The fraction of sp³-hybridized carbons (Fsp3) is 0.407. The number of ether oxygens (including phenoxy) is 1. The Morgan fingerprint density at radius 2 is 1.92 bits per heavy atom. The van der Waals surface area contributed by atoms with Crippen LogP contribution in [0.1, 0.15) is 48.0 Å². The number of benzene rings is 1. The SMILES string of the molecule is Cc1c(-n2ccc(OCCCO[Si](C)(C)C(C)(C)C)cc2=O)csc1C(=O)NCc1cccc(F)c1. The second-order valence-corrected chi connectivity index (χ2v) is 16.0. The van der Waals surface area contributed by atoms with Crippen LogP contribution < -0.4 is 15.6 Å². The van der Waals surface area contributed by atoms with E-state index in [2.05, 4.69) is 39.2 Å². The highest BCUT2D eigenvalue weighted by molar-refractivity contribution is 7.12. The summed E-state index contributed by atoms with van der Waals surface area (Å²) in [6.45, 7) is 14.2. The van der Waals surface area contributed by atoms with E-state index in [1.165, 1.54) is 34.1 Å². The first-order valence-corrected chi connectivity index (χ1v) is 15.8. The molecule has 36 heavy (non-hydrogen) atoms. The van der Waals surface area contributed by atoms with Crippen molar-refractivity contribution in [1.29, 1.82) is 0 Å². The van der Waals surface area contributed by atoms with Crippen LogP contribution in [-0.2, 0) is 11.0 Å². The average molecular weight is 531 g/mol. The Morgan fingerprint density at radius 1 is 1.17 bits per heavy atom. The maximum atomic E-state index is 13.4. The number of aromatic nitrogens is 1. The van der Waals surface area contributed by atoms with Crippen molar-refractivity contribution in [2.75, 3.05) is 13.2 Å². The fourth-order valence-corrected chi connectivity index (χ4v) is 5.39. The number of hydrogen-bond acceptors (Lipinski definition) is 5. The molecular weight excluding hydrogens is 495 g/mol. The minimum absolute atomic E-state index is 0.167. The Kier molecular flexibility index (Phi) is 8.92. The minimum Gasteiger partial charge on any atom is -0.493 e. The van der Waals surface area contributed by atoms with Gasteiger partial charge in [0.1, 0.15) is 11.6 Å². The van der Waals surface area contributed by atoms with Gasteiger partial charge in [-0.15, -0.1) is 11.3 Å². The van der Waals surface area contributed by atoms with E-state index < -0.39 is 8.32 Å². The van der Waals surface area contributed by atoms with E-state index in [-0.39, 0.29) is 28.9 Å². The summed E-state index contributed by atoms with van der Waals surface area (Å²) in [5.74, 6) is -0.104. The molecule has 1 amide bonds. The lowest BCUT2D eigenvalue weighted by Gasteiger charge is -2.36. The molecule has 2 heterocycles. The van der Waals surface area contributed by atoms with E-state index in [9.17, 15) is 14.0 Å². The molecule has 1 aromatic carbocycles. The van der Waals surface area contributed by atoms with Gasteiger partial charge in [0.25, 0.3) is 11.5 Å². The van der Waals surface area contributed by atoms with Crippen molar-refractivity contribution >= 4 is 25.6 Å². The predicted molar refractivity (Wildman–Crippen MR) is 145 cm³/mol. The fourth-order valence-electron chi connectivity index (χ4n) is 3.32. The lowest BCUT2D eigenvalue weighted by Crippen LogP contribution is -2.41. The van der Waals surface area contributed by atoms with Gasteiger partial charge in [0.05, 0.1) is 17.2 Å². The van der Waals surface area contributed by atoms with Gasteiger partial charge >= 0.3 is 0 Å². The number of carbonyl (C=O) groups is 1. The molecule has 0 aliphatic carbocycles. The summed E-state index contributed by atoms with van der Waals surface area (Å²) in [6.07, 6.45) is 2.40. The van der Waals surface area contributed by atoms with Crippen molar-refractivity contribution < 1.29 is 18.3 Å². The molecular formula is C27H35FN2O4SSi. The molecule has 6 nitrogen and oxygen atoms in total. The quantitative estimate of drug-likeness (QED) is 0.255. The van der Waals surface area contributed by atoms with E-state index >= 15 is 0 Å². The number of hydrogen-bond donors (Lipinski definition) is 1. The number of carbonyl (C=O) groups excluding carboxylic acids is 1. The molecule has 3 aromatic rings. The van der Waals surface area contributed by atoms with Crippen LogP contribution in [0, 0.1) is 12.7 Å². The lowest BCUT2D eigenvalue weighted by atomic mass is 10.2. The second-order valence-electron chi connectivity index (χ2n) is 10.3. The summed E-state index contributed by atoms with van der Waals surface area (Å²) in [4.78, 5) is 26.0. The highest BCUT2D eigenvalue weighted by Gasteiger charge is 2.36. The van der Waals surface area contributed by atoms with Crippen molar-refractivity contribution in [2.24, 2.45) is 0 Å². The predicted octanol–water partition coefficient (Wildman–Crippen LogP) is 6.07. The van der Waals surface area contributed by atoms with Crippen LogP contribution in [0.15, 0.2) is 52.8 Å². The monoisotopic (exact) mass is 530 g/mol. The molecule has 0 unspecified atom stereocenters. The zero-order chi connectivity index (χ0) is 26.5. The summed E-state index contributed by atoms with van der Waals surface area (Å²) in [5.41, 5.74) is 1.79. The van der Waals surface area contributed by atoms with Gasteiger partial charge in [-0.1, -0.05) is 32.9 Å². The first-order valence-electron chi connectivity index (χ1n) is 12.0. The lowest BCUT2D eigenvalue weighted by molar-refractivity contribution is 0.0954. The summed E-state index contributed by atoms with van der Waals surface area (Å²) in [5, 5.41) is 4.76. The average Bonchev–Trinajstić information content (AvgIpc) is 3.17. The largest absolute Gasteiger partial charge is 0.493 e. The molecule has 0 radical (unpaired) electrons. The molecule has 0 spiro atoms. The summed E-state index contributed by atoms with van der Waals surface area (Å²) >= 11 is 1.27.